The Hall–Kier alpha value is -0.520. The maximum Gasteiger partial charge on any atom is -0.0348 e. The van der Waals surface area contributed by atoms with E-state index in [1.54, 1.807) is 0 Å². The zero-order valence-electron chi connectivity index (χ0n) is 6.14. The van der Waals surface area contributed by atoms with Crippen molar-refractivity contribution in [1.29, 1.82) is 0 Å². The minimum Gasteiger partial charge on any atom is -0.0877 e. The minimum atomic E-state index is 1.04. The van der Waals surface area contributed by atoms with Gasteiger partial charge in [0.25, 0.3) is 0 Å². The maximum atomic E-state index is 3.75. The molecule has 0 heterocycles. The summed E-state index contributed by atoms with van der Waals surface area (Å²) in [7, 11) is 0. The van der Waals surface area contributed by atoms with Crippen LogP contribution in [0.4, 0.5) is 0 Å². The molecule has 0 N–H and O–H groups in total. The lowest BCUT2D eigenvalue weighted by Crippen LogP contribution is -1.64. The molecule has 0 atom stereocenters. The van der Waals surface area contributed by atoms with Crippen LogP contribution in [0.3, 0.4) is 0 Å². The van der Waals surface area contributed by atoms with E-state index >= 15 is 0 Å². The van der Waals surface area contributed by atoms with Gasteiger partial charge in [-0.25, -0.2) is 0 Å². The molecule has 0 heteroatoms. The van der Waals surface area contributed by atoms with E-state index in [2.05, 4.69) is 19.1 Å². The van der Waals surface area contributed by atoms with Crippen molar-refractivity contribution in [2.75, 3.05) is 0 Å². The van der Waals surface area contributed by atoms with Crippen molar-refractivity contribution < 1.29 is 0 Å². The van der Waals surface area contributed by atoms with E-state index in [-0.39, 0.29) is 0 Å². The zero-order chi connectivity index (χ0) is 6.95. The van der Waals surface area contributed by atoms with Crippen molar-refractivity contribution >= 4 is 0 Å². The molecule has 0 aliphatic carbocycles. The minimum absolute atomic E-state index is 1.04. The third-order valence-corrected chi connectivity index (χ3v) is 1.06. The van der Waals surface area contributed by atoms with E-state index in [0.717, 1.165) is 12.8 Å². The molecule has 51 valence electrons. The van der Waals surface area contributed by atoms with Gasteiger partial charge in [-0.15, -0.1) is 0 Å². The normalized spacial score (nSPS) is 11.8. The Labute approximate surface area is 58.3 Å². The molecule has 0 nitrogen and oxygen atoms in total. The summed E-state index contributed by atoms with van der Waals surface area (Å²) in [5, 5.41) is 0. The molecule has 0 aliphatic heterocycles. The highest BCUT2D eigenvalue weighted by atomic mass is 13.8. The van der Waals surface area contributed by atoms with Gasteiger partial charge in [-0.3, -0.25) is 0 Å². The van der Waals surface area contributed by atoms with Crippen LogP contribution in [0.2, 0.25) is 0 Å². The Bertz CT molecular complexity index is 88.2. The highest BCUT2D eigenvalue weighted by Crippen LogP contribution is 1.94. The molecule has 0 spiro atoms. The summed E-state index contributed by atoms with van der Waals surface area (Å²) < 4.78 is 0. The topological polar surface area (TPSA) is 0 Å². The lowest BCUT2D eigenvalue weighted by Gasteiger charge is -1.84. The van der Waals surface area contributed by atoms with Crippen LogP contribution in [-0.2, 0) is 0 Å². The molecule has 0 aliphatic rings. The monoisotopic (exact) mass is 123 g/mol. The van der Waals surface area contributed by atoms with Crippen LogP contribution in [0, 0.1) is 6.92 Å². The van der Waals surface area contributed by atoms with Crippen molar-refractivity contribution in [2.45, 2.75) is 26.2 Å². The molecule has 0 aromatic heterocycles. The second-order valence-electron chi connectivity index (χ2n) is 1.95. The zero-order valence-corrected chi connectivity index (χ0v) is 6.14. The van der Waals surface area contributed by atoms with Gasteiger partial charge in [0.05, 0.1) is 0 Å². The molecule has 1 radical (unpaired) electrons. The van der Waals surface area contributed by atoms with Gasteiger partial charge in [0, 0.05) is 0 Å². The SMILES string of the molecule is [CH2]CCCC=CC=CC. The lowest BCUT2D eigenvalue weighted by molar-refractivity contribution is 0.866. The van der Waals surface area contributed by atoms with Gasteiger partial charge < -0.3 is 0 Å². The van der Waals surface area contributed by atoms with Gasteiger partial charge in [-0.1, -0.05) is 37.6 Å². The lowest BCUT2D eigenvalue weighted by atomic mass is 10.2. The van der Waals surface area contributed by atoms with Crippen LogP contribution < -0.4 is 0 Å². The number of hydrogen-bond acceptors (Lipinski definition) is 0. The van der Waals surface area contributed by atoms with Crippen LogP contribution in [0.15, 0.2) is 24.3 Å². The molecule has 0 saturated carbocycles. The Morgan fingerprint density at radius 2 is 2.11 bits per heavy atom. The van der Waals surface area contributed by atoms with Crippen molar-refractivity contribution in [1.82, 2.24) is 0 Å². The van der Waals surface area contributed by atoms with Crippen LogP contribution in [0.5, 0.6) is 0 Å². The second-order valence-corrected chi connectivity index (χ2v) is 1.95. The first-order chi connectivity index (χ1) is 4.41. The molecule has 0 aromatic rings. The predicted octanol–water partition coefficient (Wildman–Crippen LogP) is 3.12. The Kier molecular flexibility index (Phi) is 7.05. The molecule has 0 rings (SSSR count). The van der Waals surface area contributed by atoms with E-state index in [1.165, 1.54) is 6.42 Å². The predicted molar refractivity (Wildman–Crippen MR) is 43.2 cm³/mol. The van der Waals surface area contributed by atoms with Crippen LogP contribution in [-0.4, -0.2) is 0 Å². The summed E-state index contributed by atoms with van der Waals surface area (Å²) in [6.45, 7) is 5.77. The largest absolute Gasteiger partial charge is 0.0877 e. The third kappa shape index (κ3) is 7.48. The number of hydrogen-bond donors (Lipinski definition) is 0. The fourth-order valence-electron chi connectivity index (χ4n) is 0.548. The number of rotatable bonds is 4. The van der Waals surface area contributed by atoms with Crippen molar-refractivity contribution in [3.63, 3.8) is 0 Å². The standard InChI is InChI=1S/C9H15/c1-3-5-7-9-8-6-4-2/h4,6,8-9H,1,3,5,7H2,2H3. The molecule has 9 heavy (non-hydrogen) atoms. The van der Waals surface area contributed by atoms with Crippen molar-refractivity contribution in [2.24, 2.45) is 0 Å². The Morgan fingerprint density at radius 1 is 1.33 bits per heavy atom. The van der Waals surface area contributed by atoms with E-state index in [4.69, 9.17) is 0 Å². The number of allylic oxidation sites excluding steroid dienone is 4. The Balaban J connectivity index is 3.04. The maximum absolute atomic E-state index is 3.75. The van der Waals surface area contributed by atoms with Gasteiger partial charge in [-0.2, -0.15) is 0 Å². The van der Waals surface area contributed by atoms with Crippen LogP contribution in [0.1, 0.15) is 26.2 Å². The highest BCUT2D eigenvalue weighted by molar-refractivity contribution is 5.00. The molecule has 0 amide bonds. The van der Waals surface area contributed by atoms with Gasteiger partial charge in [-0.05, 0) is 19.8 Å². The molecule has 0 bridgehead atoms. The second kappa shape index (κ2) is 7.48. The summed E-state index contributed by atoms with van der Waals surface area (Å²) in [6, 6.07) is 0. The molecular formula is C9H15. The first-order valence-corrected chi connectivity index (χ1v) is 3.49. The smallest absolute Gasteiger partial charge is 0.0348 e. The molecule has 0 saturated heterocycles. The first kappa shape index (κ1) is 8.48. The summed E-state index contributed by atoms with van der Waals surface area (Å²) in [6.07, 6.45) is 11.7. The summed E-state index contributed by atoms with van der Waals surface area (Å²) in [5.74, 6) is 0. The van der Waals surface area contributed by atoms with E-state index < -0.39 is 0 Å². The third-order valence-electron chi connectivity index (χ3n) is 1.06. The average molecular weight is 123 g/mol. The quantitative estimate of drug-likeness (QED) is 0.398. The Morgan fingerprint density at radius 3 is 2.67 bits per heavy atom. The van der Waals surface area contributed by atoms with E-state index in [0.29, 0.717) is 0 Å². The summed E-state index contributed by atoms with van der Waals surface area (Å²) >= 11 is 0. The van der Waals surface area contributed by atoms with E-state index in [9.17, 15) is 0 Å². The molecular weight excluding hydrogens is 108 g/mol. The summed E-state index contributed by atoms with van der Waals surface area (Å²) in [4.78, 5) is 0. The van der Waals surface area contributed by atoms with Crippen LogP contribution in [0.25, 0.3) is 0 Å². The summed E-state index contributed by atoms with van der Waals surface area (Å²) in [5.41, 5.74) is 0. The van der Waals surface area contributed by atoms with Gasteiger partial charge in [0.2, 0.25) is 0 Å². The number of unbranched alkanes of at least 4 members (excludes halogenated alkanes) is 2. The van der Waals surface area contributed by atoms with Crippen molar-refractivity contribution in [3.8, 4) is 0 Å². The highest BCUT2D eigenvalue weighted by Gasteiger charge is 1.74. The van der Waals surface area contributed by atoms with Gasteiger partial charge in [0.1, 0.15) is 0 Å². The van der Waals surface area contributed by atoms with E-state index in [1.807, 2.05) is 19.1 Å². The molecule has 0 aromatic carbocycles. The average Bonchev–Trinajstić information content (AvgIpc) is 1.89. The van der Waals surface area contributed by atoms with Crippen LogP contribution >= 0.6 is 0 Å². The van der Waals surface area contributed by atoms with Gasteiger partial charge >= 0.3 is 0 Å². The van der Waals surface area contributed by atoms with Crippen molar-refractivity contribution in [3.05, 3.63) is 31.2 Å². The molecule has 0 unspecified atom stereocenters. The fraction of sp³-hybridized carbons (Fsp3) is 0.444. The fourth-order valence-corrected chi connectivity index (χ4v) is 0.548. The van der Waals surface area contributed by atoms with Gasteiger partial charge in [0.15, 0.2) is 0 Å². The molecule has 0 fully saturated rings. The first-order valence-electron chi connectivity index (χ1n) is 3.49.